The van der Waals surface area contributed by atoms with Gasteiger partial charge < -0.3 is 0 Å². The molecule has 0 fully saturated rings. The molecule has 0 aliphatic carbocycles. The molecule has 0 atom stereocenters. The Balaban J connectivity index is 0. The average Bonchev–Trinajstić information content (AvgIpc) is 2.05. The molecule has 0 saturated carbocycles. The summed E-state index contributed by atoms with van der Waals surface area (Å²) in [5, 5.41) is 0. The average molecular weight is 164 g/mol. The van der Waals surface area contributed by atoms with Gasteiger partial charge >= 0.3 is 0 Å². The molecule has 0 aliphatic heterocycles. The van der Waals surface area contributed by atoms with Gasteiger partial charge in [-0.3, -0.25) is 0 Å². The largest absolute Gasteiger partial charge is 0.103 e. The van der Waals surface area contributed by atoms with Crippen molar-refractivity contribution in [1.29, 1.82) is 0 Å². The molecule has 0 aliphatic rings. The molecule has 0 radical (unpaired) electrons. The van der Waals surface area contributed by atoms with Gasteiger partial charge in [0.15, 0.2) is 0 Å². The van der Waals surface area contributed by atoms with E-state index in [4.69, 9.17) is 0 Å². The number of hydrogen-bond donors (Lipinski definition) is 0. The first-order chi connectivity index (χ1) is 5.68. The fourth-order valence-electron chi connectivity index (χ4n) is 0.490. The summed E-state index contributed by atoms with van der Waals surface area (Å²) in [7, 11) is 0. The zero-order chi connectivity index (χ0) is 9.82. The molecule has 0 aromatic rings. The summed E-state index contributed by atoms with van der Waals surface area (Å²) < 4.78 is 0. The monoisotopic (exact) mass is 164 g/mol. The molecule has 0 N–H and O–H groups in total. The van der Waals surface area contributed by atoms with Crippen molar-refractivity contribution in [2.24, 2.45) is 0 Å². The van der Waals surface area contributed by atoms with Crippen LogP contribution >= 0.6 is 0 Å². The number of allylic oxidation sites excluding steroid dienone is 5. The second-order valence-corrected chi connectivity index (χ2v) is 2.62. The van der Waals surface area contributed by atoms with E-state index in [2.05, 4.69) is 39.7 Å². The summed E-state index contributed by atoms with van der Waals surface area (Å²) in [5.74, 6) is 0. The van der Waals surface area contributed by atoms with Crippen molar-refractivity contribution in [2.75, 3.05) is 0 Å². The molecule has 0 saturated heterocycles. The van der Waals surface area contributed by atoms with Gasteiger partial charge in [0.1, 0.15) is 0 Å². The fraction of sp³-hybridized carbons (Fsp3) is 0.333. The van der Waals surface area contributed by atoms with Crippen LogP contribution in [0.2, 0.25) is 0 Å². The van der Waals surface area contributed by atoms with Crippen LogP contribution in [-0.4, -0.2) is 0 Å². The molecule has 0 heterocycles. The molecular formula is C12H20. The molecule has 12 heavy (non-hydrogen) atoms. The van der Waals surface area contributed by atoms with Crippen LogP contribution < -0.4 is 0 Å². The molecule has 0 bridgehead atoms. The summed E-state index contributed by atoms with van der Waals surface area (Å²) >= 11 is 0. The maximum absolute atomic E-state index is 3.63. The van der Waals surface area contributed by atoms with Crippen LogP contribution in [0, 0.1) is 0 Å². The minimum Gasteiger partial charge on any atom is -0.103 e. The third kappa shape index (κ3) is 23.1. The van der Waals surface area contributed by atoms with E-state index < -0.39 is 0 Å². The Morgan fingerprint density at radius 2 is 1.50 bits per heavy atom. The van der Waals surface area contributed by atoms with Crippen molar-refractivity contribution >= 4 is 0 Å². The van der Waals surface area contributed by atoms with E-state index in [-0.39, 0.29) is 0 Å². The zero-order valence-corrected chi connectivity index (χ0v) is 8.34. The molecular weight excluding hydrogens is 144 g/mol. The van der Waals surface area contributed by atoms with Crippen molar-refractivity contribution < 1.29 is 0 Å². The van der Waals surface area contributed by atoms with Crippen LogP contribution in [0.4, 0.5) is 0 Å². The quantitative estimate of drug-likeness (QED) is 0.330. The lowest BCUT2D eigenvalue weighted by atomic mass is 10.2. The molecule has 0 nitrogen and oxygen atoms in total. The van der Waals surface area contributed by atoms with Gasteiger partial charge in [0, 0.05) is 0 Å². The topological polar surface area (TPSA) is 0 Å². The highest BCUT2D eigenvalue weighted by Crippen LogP contribution is 1.95. The highest BCUT2D eigenvalue weighted by molar-refractivity contribution is 4.93. The Hall–Kier alpha value is -1.04. The van der Waals surface area contributed by atoms with Crippen molar-refractivity contribution in [3.8, 4) is 0 Å². The number of unbranched alkanes of at least 4 members (excludes halogenated alkanes) is 1. The van der Waals surface area contributed by atoms with Gasteiger partial charge in [-0.2, -0.15) is 0 Å². The van der Waals surface area contributed by atoms with E-state index in [0.717, 1.165) is 12.8 Å². The molecule has 0 rings (SSSR count). The van der Waals surface area contributed by atoms with Gasteiger partial charge in [-0.15, -0.1) is 6.58 Å². The van der Waals surface area contributed by atoms with Crippen LogP contribution in [0.15, 0.2) is 49.6 Å². The van der Waals surface area contributed by atoms with E-state index in [1.165, 1.54) is 5.57 Å². The highest BCUT2D eigenvalue weighted by Gasteiger charge is 1.75. The van der Waals surface area contributed by atoms with Crippen molar-refractivity contribution in [2.45, 2.75) is 26.7 Å². The first kappa shape index (κ1) is 13.5. The van der Waals surface area contributed by atoms with Crippen LogP contribution in [0.3, 0.4) is 0 Å². The van der Waals surface area contributed by atoms with Crippen LogP contribution in [0.5, 0.6) is 0 Å². The van der Waals surface area contributed by atoms with Gasteiger partial charge in [0.25, 0.3) is 0 Å². The van der Waals surface area contributed by atoms with Crippen molar-refractivity contribution in [3.63, 3.8) is 0 Å². The first-order valence-corrected chi connectivity index (χ1v) is 4.16. The van der Waals surface area contributed by atoms with E-state index in [1.54, 1.807) is 12.2 Å². The lowest BCUT2D eigenvalue weighted by Gasteiger charge is -1.86. The molecule has 0 amide bonds. The Bertz CT molecular complexity index is 139. The molecule has 0 spiro atoms. The first-order valence-electron chi connectivity index (χ1n) is 4.16. The normalized spacial score (nSPS) is 7.17. The van der Waals surface area contributed by atoms with Crippen LogP contribution in [-0.2, 0) is 0 Å². The summed E-state index contributed by atoms with van der Waals surface area (Å²) in [6.07, 6.45) is 9.69. The molecule has 68 valence electrons. The van der Waals surface area contributed by atoms with Crippen molar-refractivity contribution in [1.82, 2.24) is 0 Å². The minimum absolute atomic E-state index is 1.10. The third-order valence-corrected chi connectivity index (χ3v) is 1.09. The SMILES string of the molecule is C=CC=C.C=CCCC=C(C)C. The van der Waals surface area contributed by atoms with Gasteiger partial charge in [0.05, 0.1) is 0 Å². The summed E-state index contributed by atoms with van der Waals surface area (Å²) in [5.41, 5.74) is 1.40. The third-order valence-electron chi connectivity index (χ3n) is 1.09. The standard InChI is InChI=1S/C8H14.C4H6/c1-4-5-6-7-8(2)3;1-3-4-2/h4,7H,1,5-6H2,2-3H3;3-4H,1-2H2. The van der Waals surface area contributed by atoms with Gasteiger partial charge in [-0.1, -0.05) is 43.0 Å². The second-order valence-electron chi connectivity index (χ2n) is 2.62. The molecule has 0 aromatic heterocycles. The van der Waals surface area contributed by atoms with E-state index in [0.29, 0.717) is 0 Å². The number of hydrogen-bond acceptors (Lipinski definition) is 0. The molecule has 0 aromatic carbocycles. The van der Waals surface area contributed by atoms with E-state index in [1.807, 2.05) is 6.08 Å². The lowest BCUT2D eigenvalue weighted by Crippen LogP contribution is -1.65. The Kier molecular flexibility index (Phi) is 14.2. The van der Waals surface area contributed by atoms with E-state index >= 15 is 0 Å². The van der Waals surface area contributed by atoms with Gasteiger partial charge in [0.2, 0.25) is 0 Å². The zero-order valence-electron chi connectivity index (χ0n) is 8.34. The highest BCUT2D eigenvalue weighted by atomic mass is 13.8. The van der Waals surface area contributed by atoms with Gasteiger partial charge in [-0.25, -0.2) is 0 Å². The minimum atomic E-state index is 1.10. The van der Waals surface area contributed by atoms with Crippen LogP contribution in [0.25, 0.3) is 0 Å². The maximum atomic E-state index is 3.63. The predicted octanol–water partition coefficient (Wildman–Crippen LogP) is 4.28. The summed E-state index contributed by atoms with van der Waals surface area (Å²) in [4.78, 5) is 0. The van der Waals surface area contributed by atoms with Gasteiger partial charge in [-0.05, 0) is 26.7 Å². The molecule has 0 heteroatoms. The second kappa shape index (κ2) is 12.6. The Morgan fingerprint density at radius 1 is 1.00 bits per heavy atom. The number of rotatable bonds is 4. The van der Waals surface area contributed by atoms with Crippen LogP contribution in [0.1, 0.15) is 26.7 Å². The van der Waals surface area contributed by atoms with Crippen molar-refractivity contribution in [3.05, 3.63) is 49.6 Å². The lowest BCUT2D eigenvalue weighted by molar-refractivity contribution is 1.04. The molecule has 0 unspecified atom stereocenters. The maximum Gasteiger partial charge on any atom is -0.0314 e. The fourth-order valence-corrected chi connectivity index (χ4v) is 0.490. The summed E-state index contributed by atoms with van der Waals surface area (Å²) in [6, 6.07) is 0. The summed E-state index contributed by atoms with van der Waals surface area (Å²) in [6.45, 7) is 14.6. The smallest absolute Gasteiger partial charge is 0.0314 e. The van der Waals surface area contributed by atoms with E-state index in [9.17, 15) is 0 Å². The predicted molar refractivity (Wildman–Crippen MR) is 59.3 cm³/mol. The Morgan fingerprint density at radius 3 is 1.75 bits per heavy atom. The Labute approximate surface area is 77.0 Å².